The van der Waals surface area contributed by atoms with E-state index in [-0.39, 0.29) is 5.69 Å². The van der Waals surface area contributed by atoms with Gasteiger partial charge in [0.2, 0.25) is 0 Å². The fourth-order valence-electron chi connectivity index (χ4n) is 4.18. The van der Waals surface area contributed by atoms with Gasteiger partial charge in [0.25, 0.3) is 0 Å². The number of carboxylic acids is 1. The van der Waals surface area contributed by atoms with Crippen LogP contribution in [0.3, 0.4) is 0 Å². The normalized spacial score (nSPS) is 14.8. The number of hydrogen-bond donors (Lipinski definition) is 2. The number of hydrogen-bond acceptors (Lipinski definition) is 5. The van der Waals surface area contributed by atoms with Gasteiger partial charge in [-0.15, -0.1) is 11.3 Å². The molecule has 2 heterocycles. The van der Waals surface area contributed by atoms with Gasteiger partial charge < -0.3 is 9.84 Å². The zero-order chi connectivity index (χ0) is 24.6. The molecule has 8 heteroatoms. The second-order valence-corrected chi connectivity index (χ2v) is 10.3. The number of aliphatic carboxylic acids is 1. The maximum Gasteiger partial charge on any atom is 0.412 e. The van der Waals surface area contributed by atoms with Crippen LogP contribution in [-0.4, -0.2) is 17.2 Å². The molecule has 1 amide bonds. The number of carbonyl (C=O) groups is 2. The molecule has 2 aromatic carbocycles. The second-order valence-electron chi connectivity index (χ2n) is 8.54. The van der Waals surface area contributed by atoms with Gasteiger partial charge in [0, 0.05) is 17.2 Å². The van der Waals surface area contributed by atoms with E-state index in [1.165, 1.54) is 17.4 Å². The Hall–Kier alpha value is -3.49. The van der Waals surface area contributed by atoms with Crippen molar-refractivity contribution < 1.29 is 23.8 Å². The van der Waals surface area contributed by atoms with Crippen LogP contribution in [0.5, 0.6) is 0 Å². The van der Waals surface area contributed by atoms with E-state index in [1.54, 1.807) is 6.92 Å². The predicted molar refractivity (Wildman–Crippen MR) is 137 cm³/mol. The van der Waals surface area contributed by atoms with E-state index in [1.807, 2.05) is 65.4 Å². The summed E-state index contributed by atoms with van der Waals surface area (Å²) in [6, 6.07) is 18.3. The Kier molecular flexibility index (Phi) is 6.17. The smallest absolute Gasteiger partial charge is 0.412 e. The lowest BCUT2D eigenvalue weighted by molar-refractivity contribution is -0.140. The Morgan fingerprint density at radius 3 is 2.51 bits per heavy atom. The number of carboxylic acid groups (broad SMARTS) is 1. The minimum Gasteiger partial charge on any atom is -0.481 e. The van der Waals surface area contributed by atoms with Crippen molar-refractivity contribution in [3.63, 3.8) is 0 Å². The average molecular weight is 508 g/mol. The molecule has 2 aromatic heterocycles. The molecule has 4 aromatic rings. The highest BCUT2D eigenvalue weighted by Gasteiger charge is 2.51. The lowest BCUT2D eigenvalue weighted by atomic mass is 9.89. The van der Waals surface area contributed by atoms with E-state index in [0.717, 1.165) is 28.0 Å². The molecule has 0 radical (unpaired) electrons. The summed E-state index contributed by atoms with van der Waals surface area (Å²) in [4.78, 5) is 25.1. The first-order chi connectivity index (χ1) is 16.9. The average Bonchev–Trinajstić information content (AvgIpc) is 3.32. The Balaban J connectivity index is 1.53. The highest BCUT2D eigenvalue weighted by Crippen LogP contribution is 2.51. The van der Waals surface area contributed by atoms with E-state index in [9.17, 15) is 19.1 Å². The summed E-state index contributed by atoms with van der Waals surface area (Å²) >= 11 is 2.41. The number of halogens is 1. The summed E-state index contributed by atoms with van der Waals surface area (Å²) in [6.07, 6.45) is -0.0298. The third-order valence-electron chi connectivity index (χ3n) is 6.30. The molecule has 2 N–H and O–H groups in total. The summed E-state index contributed by atoms with van der Waals surface area (Å²) in [7, 11) is 0. The fraction of sp³-hybridized carbons (Fsp3) is 0.185. The summed E-state index contributed by atoms with van der Waals surface area (Å²) in [5.74, 6) is -0.863. The van der Waals surface area contributed by atoms with Gasteiger partial charge in [0.15, 0.2) is 5.13 Å². The molecule has 1 aliphatic carbocycles. The summed E-state index contributed by atoms with van der Waals surface area (Å²) in [5, 5.41) is 15.8. The monoisotopic (exact) mass is 507 g/mol. The van der Waals surface area contributed by atoms with Crippen molar-refractivity contribution in [1.29, 1.82) is 0 Å². The van der Waals surface area contributed by atoms with Crippen LogP contribution >= 0.6 is 22.7 Å². The van der Waals surface area contributed by atoms with Gasteiger partial charge in [-0.25, -0.2) is 4.79 Å². The van der Waals surface area contributed by atoms with Crippen molar-refractivity contribution in [3.8, 4) is 21.6 Å². The molecular weight excluding hydrogens is 485 g/mol. The summed E-state index contributed by atoms with van der Waals surface area (Å²) in [5.41, 5.74) is 3.31. The highest BCUT2D eigenvalue weighted by atomic mass is 32.1. The maximum atomic E-state index is 14.6. The Morgan fingerprint density at radius 1 is 1.09 bits per heavy atom. The van der Waals surface area contributed by atoms with Gasteiger partial charge in [0.05, 0.1) is 16.0 Å². The molecule has 1 aliphatic rings. The first-order valence-corrected chi connectivity index (χ1v) is 12.9. The zero-order valence-electron chi connectivity index (χ0n) is 18.8. The zero-order valence-corrected chi connectivity index (χ0v) is 20.4. The molecule has 1 atom stereocenters. The largest absolute Gasteiger partial charge is 0.481 e. The van der Waals surface area contributed by atoms with Gasteiger partial charge in [-0.2, -0.15) is 15.7 Å². The van der Waals surface area contributed by atoms with Crippen molar-refractivity contribution in [2.75, 3.05) is 5.32 Å². The van der Waals surface area contributed by atoms with Gasteiger partial charge in [0.1, 0.15) is 6.10 Å². The summed E-state index contributed by atoms with van der Waals surface area (Å²) in [6.45, 7) is 1.77. The molecule has 0 aliphatic heterocycles. The topological polar surface area (TPSA) is 75.6 Å². The number of nitrogens with one attached hydrogen (secondary N) is 1. The number of rotatable bonds is 7. The standard InChI is InChI=1S/C27H22FNO4S2/c1-16(18-9-12-34-15-18)33-26(32)29-22-14-23(28)35-24(22)21-13-19(27(10-11-27)25(30)31)7-8-20(21)17-5-3-2-4-6-17/h2-9,12-16H,10-11H2,1H3,(H,29,32)(H,30,31). The number of ether oxygens (including phenoxy) is 1. The minimum atomic E-state index is -0.914. The van der Waals surface area contributed by atoms with Crippen LogP contribution in [0.2, 0.25) is 0 Å². The van der Waals surface area contributed by atoms with Crippen LogP contribution in [0.4, 0.5) is 14.9 Å². The van der Waals surface area contributed by atoms with Crippen LogP contribution in [-0.2, 0) is 14.9 Å². The van der Waals surface area contributed by atoms with E-state index in [0.29, 0.717) is 28.8 Å². The first kappa shape index (κ1) is 23.3. The van der Waals surface area contributed by atoms with Crippen LogP contribution in [0.25, 0.3) is 21.6 Å². The number of anilines is 1. The van der Waals surface area contributed by atoms with E-state index in [2.05, 4.69) is 5.32 Å². The maximum absolute atomic E-state index is 14.6. The van der Waals surface area contributed by atoms with Gasteiger partial charge in [-0.1, -0.05) is 42.5 Å². The molecular formula is C27H22FNO4S2. The molecule has 1 fully saturated rings. The third kappa shape index (κ3) is 4.59. The van der Waals surface area contributed by atoms with Crippen LogP contribution in [0, 0.1) is 5.13 Å². The van der Waals surface area contributed by atoms with Crippen molar-refractivity contribution in [2.24, 2.45) is 0 Å². The highest BCUT2D eigenvalue weighted by molar-refractivity contribution is 7.14. The van der Waals surface area contributed by atoms with E-state index >= 15 is 0 Å². The number of carbonyl (C=O) groups excluding carboxylic acids is 1. The number of benzene rings is 2. The van der Waals surface area contributed by atoms with Gasteiger partial charge in [-0.3, -0.25) is 10.1 Å². The predicted octanol–water partition coefficient (Wildman–Crippen LogP) is 7.71. The number of amides is 1. The first-order valence-electron chi connectivity index (χ1n) is 11.1. The molecule has 5 rings (SSSR count). The second kappa shape index (κ2) is 9.28. The van der Waals surface area contributed by atoms with Crippen LogP contribution in [0.1, 0.15) is 37.0 Å². The quantitative estimate of drug-likeness (QED) is 0.269. The number of thiophene rings is 2. The van der Waals surface area contributed by atoms with Crippen molar-refractivity contribution in [1.82, 2.24) is 0 Å². The Labute approximate surface area is 209 Å². The van der Waals surface area contributed by atoms with E-state index < -0.39 is 28.7 Å². The third-order valence-corrected chi connectivity index (χ3v) is 7.95. The molecule has 178 valence electrons. The molecule has 0 saturated heterocycles. The lowest BCUT2D eigenvalue weighted by Gasteiger charge is -2.17. The molecule has 1 unspecified atom stereocenters. The minimum absolute atomic E-state index is 0.282. The van der Waals surface area contributed by atoms with Gasteiger partial charge in [-0.05, 0) is 59.3 Å². The lowest BCUT2D eigenvalue weighted by Crippen LogP contribution is -2.19. The SMILES string of the molecule is CC(OC(=O)Nc1cc(F)sc1-c1cc(C2(C(=O)O)CC2)ccc1-c1ccccc1)c1ccsc1. The fourth-order valence-corrected chi connectivity index (χ4v) is 5.79. The Morgan fingerprint density at radius 2 is 1.86 bits per heavy atom. The van der Waals surface area contributed by atoms with Gasteiger partial charge >= 0.3 is 12.1 Å². The molecule has 0 bridgehead atoms. The molecule has 5 nitrogen and oxygen atoms in total. The van der Waals surface area contributed by atoms with E-state index in [4.69, 9.17) is 4.74 Å². The van der Waals surface area contributed by atoms with Crippen molar-refractivity contribution >= 4 is 40.4 Å². The van der Waals surface area contributed by atoms with Crippen molar-refractivity contribution in [2.45, 2.75) is 31.3 Å². The molecule has 1 saturated carbocycles. The molecule has 35 heavy (non-hydrogen) atoms. The summed E-state index contributed by atoms with van der Waals surface area (Å²) < 4.78 is 20.0. The van der Waals surface area contributed by atoms with Crippen LogP contribution < -0.4 is 5.32 Å². The van der Waals surface area contributed by atoms with Crippen LogP contribution in [0.15, 0.2) is 71.4 Å². The Bertz CT molecular complexity index is 1380. The van der Waals surface area contributed by atoms with Crippen molar-refractivity contribution in [3.05, 3.63) is 87.7 Å². The molecule has 0 spiro atoms.